The van der Waals surface area contributed by atoms with E-state index in [4.69, 9.17) is 0 Å². The van der Waals surface area contributed by atoms with Gasteiger partial charge in [0.15, 0.2) is 0 Å². The Morgan fingerprint density at radius 2 is 1.88 bits per heavy atom. The van der Waals surface area contributed by atoms with Crippen molar-refractivity contribution in [3.8, 4) is 11.1 Å². The topological polar surface area (TPSA) is 163 Å². The molecule has 3 aliphatic rings. The van der Waals surface area contributed by atoms with Gasteiger partial charge in [-0.05, 0) is 54.2 Å². The van der Waals surface area contributed by atoms with Gasteiger partial charge in [-0.15, -0.1) is 0 Å². The fraction of sp³-hybridized carbons (Fsp3) is 0.387. The summed E-state index contributed by atoms with van der Waals surface area (Å²) in [5.74, 6) is -6.28. The number of rotatable bonds is 9. The molecule has 6 rings (SSSR count). The third kappa shape index (κ3) is 6.32. The number of carbonyl (C=O) groups excluding carboxylic acids is 4. The molecule has 2 N–H and O–H groups in total. The van der Waals surface area contributed by atoms with E-state index in [2.05, 4.69) is 15.2 Å². The van der Waals surface area contributed by atoms with E-state index in [1.807, 2.05) is 12.3 Å². The molecule has 0 radical (unpaired) electrons. The second-order valence-corrected chi connectivity index (χ2v) is 13.7. The van der Waals surface area contributed by atoms with Gasteiger partial charge in [-0.2, -0.15) is 17.8 Å². The van der Waals surface area contributed by atoms with Crippen molar-refractivity contribution in [3.63, 3.8) is 0 Å². The van der Waals surface area contributed by atoms with E-state index in [9.17, 15) is 32.0 Å². The van der Waals surface area contributed by atoms with Gasteiger partial charge in [0.1, 0.15) is 23.9 Å². The Morgan fingerprint density at radius 1 is 1.14 bits per heavy atom. The number of aryl methyl sites for hydroxylation is 2. The first kappa shape index (κ1) is 33.9. The fourth-order valence-electron chi connectivity index (χ4n) is 6.50. The third-order valence-electron chi connectivity index (χ3n) is 8.88. The molecule has 1 unspecified atom stereocenters. The van der Waals surface area contributed by atoms with Crippen LogP contribution in [0.25, 0.3) is 11.1 Å². The Kier molecular flexibility index (Phi) is 8.64. The molecule has 1 spiro atoms. The number of hydrogen-bond donors (Lipinski definition) is 2. The van der Waals surface area contributed by atoms with E-state index in [0.29, 0.717) is 26.1 Å². The van der Waals surface area contributed by atoms with Gasteiger partial charge < -0.3 is 15.0 Å². The molecule has 2 aromatic carbocycles. The number of halogens is 3. The second kappa shape index (κ2) is 12.5. The third-order valence-corrected chi connectivity index (χ3v) is 10.3. The maximum atomic E-state index is 15.6. The summed E-state index contributed by atoms with van der Waals surface area (Å²) >= 11 is 0. The number of amides is 5. The van der Waals surface area contributed by atoms with E-state index in [1.54, 1.807) is 34.8 Å². The van der Waals surface area contributed by atoms with Crippen LogP contribution in [-0.2, 0) is 50.1 Å². The molecule has 260 valence electrons. The Labute approximate surface area is 279 Å². The number of hydrogen-bond acceptors (Lipinski definition) is 8. The van der Waals surface area contributed by atoms with Crippen LogP contribution in [0.3, 0.4) is 0 Å². The minimum atomic E-state index is -4.82. The lowest BCUT2D eigenvalue weighted by molar-refractivity contribution is -0.146. The predicted octanol–water partition coefficient (Wildman–Crippen LogP) is 2.26. The zero-order valence-corrected chi connectivity index (χ0v) is 27.2. The largest absolute Gasteiger partial charge is 0.449 e. The van der Waals surface area contributed by atoms with Crippen molar-refractivity contribution in [3.05, 3.63) is 77.4 Å². The number of nitrogens with one attached hydrogen (secondary N) is 2. The molecule has 2 saturated heterocycles. The summed E-state index contributed by atoms with van der Waals surface area (Å²) < 4.78 is 78.5. The molecule has 3 heterocycles. The van der Waals surface area contributed by atoms with Crippen LogP contribution in [0.1, 0.15) is 30.0 Å². The van der Waals surface area contributed by atoms with E-state index in [1.165, 1.54) is 19.1 Å². The number of benzene rings is 2. The van der Waals surface area contributed by atoms with E-state index in [0.717, 1.165) is 28.8 Å². The Balaban J connectivity index is 1.26. The van der Waals surface area contributed by atoms with Crippen molar-refractivity contribution >= 4 is 34.1 Å². The molecular formula is C31H32F3N7O7S. The van der Waals surface area contributed by atoms with Gasteiger partial charge >= 0.3 is 22.3 Å². The van der Waals surface area contributed by atoms with Gasteiger partial charge in [-0.25, -0.2) is 27.5 Å². The Bertz CT molecular complexity index is 1940. The van der Waals surface area contributed by atoms with Gasteiger partial charge in [0.2, 0.25) is 5.91 Å². The number of aromatic nitrogens is 2. The number of nitrogens with zero attached hydrogens (tertiary/aromatic N) is 5. The van der Waals surface area contributed by atoms with E-state index in [-0.39, 0.29) is 18.6 Å². The zero-order valence-electron chi connectivity index (χ0n) is 26.4. The summed E-state index contributed by atoms with van der Waals surface area (Å²) in [6.07, 6.45) is 2.79. The van der Waals surface area contributed by atoms with Gasteiger partial charge in [0.05, 0.1) is 19.3 Å². The van der Waals surface area contributed by atoms with Crippen LogP contribution in [0.15, 0.2) is 54.9 Å². The molecule has 2 atom stereocenters. The number of ether oxygens (including phenoxy) is 1. The van der Waals surface area contributed by atoms with E-state index < -0.39 is 83.6 Å². The quantitative estimate of drug-likeness (QED) is 0.321. The second-order valence-electron chi connectivity index (χ2n) is 12.0. The number of carbonyl (C=O) groups is 4. The van der Waals surface area contributed by atoms with Crippen molar-refractivity contribution in [2.75, 3.05) is 26.2 Å². The molecule has 2 fully saturated rings. The average Bonchev–Trinajstić information content (AvgIpc) is 3.78. The van der Waals surface area contributed by atoms with Crippen LogP contribution in [0.5, 0.6) is 0 Å². The standard InChI is InChI=1S/C31H32F3N7O7S/c1-3-48-29(45)37-49(46,47)39-16-25(31(33,34)18-39)40(14-19-4-7-23(32)8-5-19)26(42)17-41-27(43)30(36-28(41)44)11-10-21-12-20(6-9-24(21)30)22-13-35-38(2)15-22/h4-9,12-13,15,25H,3,10-11,14,16-18H2,1-2H3,(H,36,44)(H,37,45)/t25?,30-/m0/s1. The van der Waals surface area contributed by atoms with Crippen LogP contribution < -0.4 is 10.0 Å². The molecule has 0 saturated carbocycles. The molecule has 49 heavy (non-hydrogen) atoms. The van der Waals surface area contributed by atoms with Crippen molar-refractivity contribution < 1.29 is 45.5 Å². The monoisotopic (exact) mass is 703 g/mol. The summed E-state index contributed by atoms with van der Waals surface area (Å²) in [5.41, 5.74) is 1.82. The van der Waals surface area contributed by atoms with Crippen molar-refractivity contribution in [2.45, 2.75) is 43.8 Å². The van der Waals surface area contributed by atoms with Gasteiger partial charge in [0, 0.05) is 31.9 Å². The first-order chi connectivity index (χ1) is 23.1. The molecule has 14 nitrogen and oxygen atoms in total. The minimum Gasteiger partial charge on any atom is -0.449 e. The lowest BCUT2D eigenvalue weighted by atomic mass is 9.90. The Hall–Kier alpha value is -4.97. The maximum Gasteiger partial charge on any atom is 0.421 e. The molecule has 1 aliphatic carbocycles. The van der Waals surface area contributed by atoms with Crippen molar-refractivity contribution in [1.29, 1.82) is 0 Å². The molecule has 3 aromatic rings. The van der Waals surface area contributed by atoms with Crippen LogP contribution in [-0.4, -0.2) is 94.4 Å². The summed E-state index contributed by atoms with van der Waals surface area (Å²) in [7, 11) is -3.04. The summed E-state index contributed by atoms with van der Waals surface area (Å²) in [5, 5.41) is 6.89. The van der Waals surface area contributed by atoms with Crippen LogP contribution in [0.4, 0.5) is 22.8 Å². The average molecular weight is 704 g/mol. The van der Waals surface area contributed by atoms with Crippen LogP contribution in [0.2, 0.25) is 0 Å². The highest BCUT2D eigenvalue weighted by atomic mass is 32.2. The maximum absolute atomic E-state index is 15.6. The molecule has 1 aromatic heterocycles. The number of imide groups is 1. The first-order valence-corrected chi connectivity index (χ1v) is 16.7. The predicted molar refractivity (Wildman–Crippen MR) is 165 cm³/mol. The zero-order chi connectivity index (χ0) is 35.3. The summed E-state index contributed by atoms with van der Waals surface area (Å²) in [6.45, 7) is -2.55. The SMILES string of the molecule is CCOC(=O)NS(=O)(=O)N1CC(N(Cc2ccc(F)cc2)C(=O)CN2C(=O)N[C@]3(CCc4cc(-c5cnn(C)c5)ccc43)C2=O)C(F)(F)C1. The molecule has 2 aliphatic heterocycles. The molecule has 18 heteroatoms. The van der Waals surface area contributed by atoms with Gasteiger partial charge in [-0.3, -0.25) is 19.2 Å². The molecule has 5 amide bonds. The lowest BCUT2D eigenvalue weighted by Crippen LogP contribution is -2.53. The normalized spacial score (nSPS) is 21.6. The number of fused-ring (bicyclic) bond motifs is 2. The van der Waals surface area contributed by atoms with Gasteiger partial charge in [0.25, 0.3) is 11.8 Å². The highest BCUT2D eigenvalue weighted by Gasteiger charge is 2.58. The number of alkyl halides is 2. The lowest BCUT2D eigenvalue weighted by Gasteiger charge is -2.33. The molecular weight excluding hydrogens is 671 g/mol. The van der Waals surface area contributed by atoms with E-state index >= 15 is 8.78 Å². The smallest absolute Gasteiger partial charge is 0.421 e. The Morgan fingerprint density at radius 3 is 2.55 bits per heavy atom. The highest BCUT2D eigenvalue weighted by Crippen LogP contribution is 2.43. The van der Waals surface area contributed by atoms with Crippen LogP contribution >= 0.6 is 0 Å². The van der Waals surface area contributed by atoms with Crippen molar-refractivity contribution in [1.82, 2.24) is 33.9 Å². The minimum absolute atomic E-state index is 0.178. The van der Waals surface area contributed by atoms with Gasteiger partial charge in [-0.1, -0.05) is 30.3 Å². The van der Waals surface area contributed by atoms with Crippen LogP contribution in [0, 0.1) is 5.82 Å². The fourth-order valence-corrected chi connectivity index (χ4v) is 7.58. The molecule has 0 bridgehead atoms. The highest BCUT2D eigenvalue weighted by molar-refractivity contribution is 7.87. The summed E-state index contributed by atoms with van der Waals surface area (Å²) in [6, 6.07) is 7.08. The van der Waals surface area contributed by atoms with Crippen molar-refractivity contribution in [2.24, 2.45) is 7.05 Å². The summed E-state index contributed by atoms with van der Waals surface area (Å²) in [4.78, 5) is 54.2. The number of urea groups is 1. The first-order valence-electron chi connectivity index (χ1n) is 15.3.